The average Bonchev–Trinajstić information content (AvgIpc) is 3.43. The van der Waals surface area contributed by atoms with Crippen molar-refractivity contribution < 1.29 is 0 Å². The molecule has 2 aromatic heterocycles. The summed E-state index contributed by atoms with van der Waals surface area (Å²) in [5.41, 5.74) is 8.76. The zero-order valence-electron chi connectivity index (χ0n) is 24.3. The first kappa shape index (κ1) is 26.9. The normalized spacial score (nSPS) is 15.0. The minimum absolute atomic E-state index is 0.0953. The molecule has 6 rings (SSSR count). The summed E-state index contributed by atoms with van der Waals surface area (Å²) in [5, 5.41) is 14.1. The van der Waals surface area contributed by atoms with Crippen molar-refractivity contribution in [3.05, 3.63) is 116 Å². The van der Waals surface area contributed by atoms with E-state index in [2.05, 4.69) is 100 Å². The molecule has 41 heavy (non-hydrogen) atoms. The van der Waals surface area contributed by atoms with Gasteiger partial charge in [0, 0.05) is 54.9 Å². The third kappa shape index (κ3) is 5.52. The van der Waals surface area contributed by atoms with Crippen molar-refractivity contribution in [1.29, 1.82) is 0 Å². The topological polar surface area (TPSA) is 82.9 Å². The van der Waals surface area contributed by atoms with Crippen molar-refractivity contribution in [2.75, 3.05) is 31.1 Å². The summed E-state index contributed by atoms with van der Waals surface area (Å²) in [7, 11) is 0. The molecule has 1 fully saturated rings. The maximum Gasteiger partial charge on any atom is 0.253 e. The van der Waals surface area contributed by atoms with Crippen molar-refractivity contribution in [3.8, 4) is 0 Å². The number of aryl methyl sites for hydroxylation is 6. The number of nitrogens with one attached hydrogen (secondary N) is 1. The van der Waals surface area contributed by atoms with Crippen LogP contribution in [0.15, 0.2) is 71.5 Å². The van der Waals surface area contributed by atoms with Gasteiger partial charge in [-0.25, -0.2) is 4.68 Å². The van der Waals surface area contributed by atoms with Gasteiger partial charge in [0.05, 0.1) is 0 Å². The van der Waals surface area contributed by atoms with Gasteiger partial charge in [0.1, 0.15) is 6.04 Å². The van der Waals surface area contributed by atoms with E-state index in [0.29, 0.717) is 17.9 Å². The van der Waals surface area contributed by atoms with E-state index < -0.39 is 0 Å². The van der Waals surface area contributed by atoms with Crippen LogP contribution in [-0.4, -0.2) is 56.3 Å². The lowest BCUT2D eigenvalue weighted by molar-refractivity contribution is 0.199. The Balaban J connectivity index is 1.37. The van der Waals surface area contributed by atoms with Crippen molar-refractivity contribution in [2.24, 2.45) is 0 Å². The van der Waals surface area contributed by atoms with Crippen molar-refractivity contribution >= 4 is 16.6 Å². The molecule has 0 saturated carbocycles. The Bertz CT molecular complexity index is 1730. The zero-order chi connectivity index (χ0) is 28.5. The summed E-state index contributed by atoms with van der Waals surface area (Å²) >= 11 is 0. The second-order valence-electron chi connectivity index (χ2n) is 11.3. The molecule has 1 N–H and O–H groups in total. The number of benzene rings is 3. The van der Waals surface area contributed by atoms with Crippen LogP contribution < -0.4 is 10.5 Å². The first-order valence-electron chi connectivity index (χ1n) is 14.4. The van der Waals surface area contributed by atoms with E-state index in [0.717, 1.165) is 54.6 Å². The van der Waals surface area contributed by atoms with Gasteiger partial charge in [-0.05, 0) is 90.6 Å². The van der Waals surface area contributed by atoms with E-state index in [9.17, 15) is 4.79 Å². The van der Waals surface area contributed by atoms with Crippen LogP contribution in [0.5, 0.6) is 0 Å². The minimum atomic E-state index is -0.365. The highest BCUT2D eigenvalue weighted by Crippen LogP contribution is 2.31. The second-order valence-corrected chi connectivity index (χ2v) is 11.3. The maximum atomic E-state index is 13.7. The molecule has 0 spiro atoms. The molecule has 1 saturated heterocycles. The van der Waals surface area contributed by atoms with E-state index >= 15 is 0 Å². The van der Waals surface area contributed by atoms with E-state index in [1.54, 1.807) is 0 Å². The summed E-state index contributed by atoms with van der Waals surface area (Å²) in [6.45, 7) is 12.4. The fraction of sp³-hybridized carbons (Fsp3) is 0.333. The van der Waals surface area contributed by atoms with Crippen LogP contribution in [0.3, 0.4) is 0 Å². The number of aromatic amines is 1. The van der Waals surface area contributed by atoms with Gasteiger partial charge < -0.3 is 9.88 Å². The third-order valence-electron chi connectivity index (χ3n) is 8.28. The van der Waals surface area contributed by atoms with Gasteiger partial charge >= 0.3 is 0 Å². The van der Waals surface area contributed by atoms with Gasteiger partial charge in [0.25, 0.3) is 5.56 Å². The first-order chi connectivity index (χ1) is 19.9. The highest BCUT2D eigenvalue weighted by atomic mass is 16.1. The molecule has 1 aliphatic rings. The number of piperazine rings is 1. The largest absolute Gasteiger partial charge is 0.369 e. The van der Waals surface area contributed by atoms with Crippen LogP contribution in [0.4, 0.5) is 5.69 Å². The Hall–Kier alpha value is -4.30. The molecule has 8 heteroatoms. The summed E-state index contributed by atoms with van der Waals surface area (Å²) in [5.74, 6) is 0.704. The Morgan fingerprint density at radius 1 is 0.854 bits per heavy atom. The molecule has 3 aromatic carbocycles. The average molecular weight is 548 g/mol. The summed E-state index contributed by atoms with van der Waals surface area (Å²) < 4.78 is 1.88. The van der Waals surface area contributed by atoms with Crippen molar-refractivity contribution in [3.63, 3.8) is 0 Å². The molecule has 1 unspecified atom stereocenters. The monoisotopic (exact) mass is 547 g/mol. The molecule has 0 bridgehead atoms. The third-order valence-corrected chi connectivity index (χ3v) is 8.28. The number of rotatable bonds is 7. The molecule has 0 aliphatic carbocycles. The van der Waals surface area contributed by atoms with Gasteiger partial charge in [-0.15, -0.1) is 5.10 Å². The SMILES string of the molecule is Cc1ccc(C)c(N2CCN(C(c3cc4c(C)cc(C)cc4[nH]c3=O)c3nnnn3CCc3ccccc3)CC2)c1. The van der Waals surface area contributed by atoms with Crippen LogP contribution in [0.25, 0.3) is 10.9 Å². The second kappa shape index (κ2) is 11.3. The van der Waals surface area contributed by atoms with Crippen LogP contribution >= 0.6 is 0 Å². The standard InChI is InChI=1S/C33H37N7O/c1-22-10-11-24(3)30(20-22)38-14-16-39(17-15-38)31(28-21-27-25(4)18-23(2)19-29(27)34-33(28)41)32-35-36-37-40(32)13-12-26-8-6-5-7-9-26/h5-11,18-21,31H,12-17H2,1-4H3,(H,34,41). The Kier molecular flexibility index (Phi) is 7.41. The first-order valence-corrected chi connectivity index (χ1v) is 14.4. The number of hydrogen-bond acceptors (Lipinski definition) is 6. The Morgan fingerprint density at radius 3 is 2.41 bits per heavy atom. The molecule has 0 radical (unpaired) electrons. The van der Waals surface area contributed by atoms with E-state index in [1.807, 2.05) is 28.9 Å². The number of tetrazole rings is 1. The van der Waals surface area contributed by atoms with Gasteiger partial charge in [-0.1, -0.05) is 48.5 Å². The summed E-state index contributed by atoms with van der Waals surface area (Å²) in [4.78, 5) is 21.7. The summed E-state index contributed by atoms with van der Waals surface area (Å²) in [6, 6.07) is 22.9. The quantitative estimate of drug-likeness (QED) is 0.312. The van der Waals surface area contributed by atoms with Crippen LogP contribution in [0.1, 0.15) is 45.2 Å². The van der Waals surface area contributed by atoms with Gasteiger partial charge in [0.15, 0.2) is 5.82 Å². The van der Waals surface area contributed by atoms with Crippen LogP contribution in [-0.2, 0) is 13.0 Å². The van der Waals surface area contributed by atoms with Gasteiger partial charge in [0.2, 0.25) is 0 Å². The Morgan fingerprint density at radius 2 is 1.63 bits per heavy atom. The van der Waals surface area contributed by atoms with Crippen LogP contribution in [0, 0.1) is 27.7 Å². The molecular formula is C33H37N7O. The highest BCUT2D eigenvalue weighted by Gasteiger charge is 2.33. The Labute approximate surface area is 240 Å². The zero-order valence-corrected chi connectivity index (χ0v) is 24.3. The number of fused-ring (bicyclic) bond motifs is 1. The predicted octanol–water partition coefficient (Wildman–Crippen LogP) is 4.90. The minimum Gasteiger partial charge on any atom is -0.369 e. The van der Waals surface area contributed by atoms with Crippen molar-refractivity contribution in [1.82, 2.24) is 30.1 Å². The number of anilines is 1. The molecule has 8 nitrogen and oxygen atoms in total. The van der Waals surface area contributed by atoms with E-state index in [-0.39, 0.29) is 11.6 Å². The molecule has 1 aliphatic heterocycles. The number of aromatic nitrogens is 5. The lowest BCUT2D eigenvalue weighted by Crippen LogP contribution is -2.49. The fourth-order valence-electron chi connectivity index (χ4n) is 6.12. The lowest BCUT2D eigenvalue weighted by atomic mass is 9.99. The molecule has 5 aromatic rings. The molecule has 1 atom stereocenters. The van der Waals surface area contributed by atoms with Gasteiger partial charge in [-0.2, -0.15) is 0 Å². The van der Waals surface area contributed by atoms with Gasteiger partial charge in [-0.3, -0.25) is 9.69 Å². The number of H-pyrrole nitrogens is 1. The molecule has 3 heterocycles. The highest BCUT2D eigenvalue weighted by molar-refractivity contribution is 5.83. The number of hydrogen-bond donors (Lipinski definition) is 1. The van der Waals surface area contributed by atoms with E-state index in [4.69, 9.17) is 0 Å². The molecular weight excluding hydrogens is 510 g/mol. The fourth-order valence-corrected chi connectivity index (χ4v) is 6.12. The predicted molar refractivity (Wildman–Crippen MR) is 164 cm³/mol. The molecule has 0 amide bonds. The van der Waals surface area contributed by atoms with Crippen LogP contribution in [0.2, 0.25) is 0 Å². The maximum absolute atomic E-state index is 13.7. The van der Waals surface area contributed by atoms with Crippen molar-refractivity contribution in [2.45, 2.75) is 46.7 Å². The smallest absolute Gasteiger partial charge is 0.253 e. The lowest BCUT2D eigenvalue weighted by Gasteiger charge is -2.40. The number of nitrogens with zero attached hydrogens (tertiary/aromatic N) is 6. The summed E-state index contributed by atoms with van der Waals surface area (Å²) in [6.07, 6.45) is 0.804. The number of pyridine rings is 1. The van der Waals surface area contributed by atoms with E-state index in [1.165, 1.54) is 22.4 Å². The molecule has 210 valence electrons.